The number of rotatable bonds is 9. The minimum atomic E-state index is 0.594. The maximum Gasteiger partial charge on any atom is 0.189 e. The first-order chi connectivity index (χ1) is 69.8. The lowest BCUT2D eigenvalue weighted by Crippen LogP contribution is -1.99. The van der Waals surface area contributed by atoms with Crippen molar-refractivity contribution in [3.05, 3.63) is 489 Å². The molecule has 141 heavy (non-hydrogen) atoms. The molecular weight excluding hydrogens is 1720 g/mol. The second-order valence-corrected chi connectivity index (χ2v) is 36.1. The molecule has 30 aromatic rings. The molecule has 0 aliphatic carbocycles. The molecule has 0 bridgehead atoms. The minimum absolute atomic E-state index is 0.594. The van der Waals surface area contributed by atoms with E-state index in [1.165, 1.54) is 59.2 Å². The number of benzene rings is 21. The van der Waals surface area contributed by atoms with Crippen LogP contribution < -0.4 is 0 Å². The molecule has 30 rings (SSSR count). The highest BCUT2D eigenvalue weighted by Gasteiger charge is 2.28. The molecule has 0 unspecified atom stereocenters. The molecule has 0 N–H and O–H groups in total. The third kappa shape index (κ3) is 12.3. The fourth-order valence-corrected chi connectivity index (χ4v) is 22.6. The van der Waals surface area contributed by atoms with Crippen LogP contribution in [0.15, 0.2) is 468 Å². The number of furan rings is 3. The monoisotopic (exact) mass is 1800 g/mol. The van der Waals surface area contributed by atoms with Crippen molar-refractivity contribution in [1.82, 2.24) is 27.4 Å². The normalized spacial score (nSPS) is 11.8. The Kier molecular flexibility index (Phi) is 18.0. The van der Waals surface area contributed by atoms with Gasteiger partial charge in [0.05, 0.1) is 108 Å². The van der Waals surface area contributed by atoms with Gasteiger partial charge >= 0.3 is 0 Å². The van der Waals surface area contributed by atoms with Crippen molar-refractivity contribution in [3.8, 4) is 67.5 Å². The van der Waals surface area contributed by atoms with Gasteiger partial charge in [0, 0.05) is 131 Å². The maximum absolute atomic E-state index is 8.11. The van der Waals surface area contributed by atoms with Gasteiger partial charge in [-0.25, -0.2) is 14.5 Å². The van der Waals surface area contributed by atoms with Crippen LogP contribution in [0.25, 0.3) is 279 Å². The molecule has 9 heterocycles. The predicted octanol–water partition coefficient (Wildman–Crippen LogP) is 36.0. The van der Waals surface area contributed by atoms with Crippen LogP contribution in [0.3, 0.4) is 0 Å². The Morgan fingerprint density at radius 1 is 0.170 bits per heavy atom. The molecular formula is C129H75N9O3. The van der Waals surface area contributed by atoms with Gasteiger partial charge in [-0.2, -0.15) is 0 Å². The molecule has 0 atom stereocenters. The van der Waals surface area contributed by atoms with Crippen molar-refractivity contribution in [3.63, 3.8) is 0 Å². The molecule has 0 aliphatic rings. The average molecular weight is 1800 g/mol. The first kappa shape index (κ1) is 79.8. The summed E-state index contributed by atoms with van der Waals surface area (Å²) in [5.74, 6) is 0. The van der Waals surface area contributed by atoms with Gasteiger partial charge in [-0.05, 0) is 187 Å². The van der Waals surface area contributed by atoms with Gasteiger partial charge in [0.25, 0.3) is 0 Å². The lowest BCUT2D eigenvalue weighted by atomic mass is 10.0. The third-order valence-electron chi connectivity index (χ3n) is 28.5. The summed E-state index contributed by atoms with van der Waals surface area (Å²) in [6.45, 7) is 24.3. The fourth-order valence-electron chi connectivity index (χ4n) is 22.6. The van der Waals surface area contributed by atoms with E-state index in [1.807, 2.05) is 72.8 Å². The summed E-state index contributed by atoms with van der Waals surface area (Å²) in [5, 5.41) is 20.8. The molecule has 0 radical (unpaired) electrons. The Balaban J connectivity index is 0.000000104. The molecule has 0 amide bonds. The van der Waals surface area contributed by atoms with Gasteiger partial charge in [-0.15, -0.1) is 0 Å². The van der Waals surface area contributed by atoms with Crippen LogP contribution >= 0.6 is 0 Å². The van der Waals surface area contributed by atoms with Gasteiger partial charge in [0.15, 0.2) is 22.6 Å². The van der Waals surface area contributed by atoms with Gasteiger partial charge in [0.1, 0.15) is 27.9 Å². The highest BCUT2D eigenvalue weighted by Crippen LogP contribution is 2.50. The Labute approximate surface area is 805 Å². The molecule has 0 saturated carbocycles. The van der Waals surface area contributed by atoms with E-state index in [4.69, 9.17) is 33.0 Å². The number of hydrogen-bond donors (Lipinski definition) is 0. The number of hydrogen-bond acceptors (Lipinski definition) is 3. The Hall–Kier alpha value is -19.7. The second-order valence-electron chi connectivity index (χ2n) is 36.1. The van der Waals surface area contributed by atoms with E-state index in [1.54, 1.807) is 0 Å². The van der Waals surface area contributed by atoms with E-state index in [0.717, 1.165) is 205 Å². The second kappa shape index (κ2) is 31.7. The zero-order valence-corrected chi connectivity index (χ0v) is 75.6. The third-order valence-corrected chi connectivity index (χ3v) is 28.5. The largest absolute Gasteiger partial charge is 0.456 e. The standard InChI is InChI=1S/3C43H25N3O/c1-44-28-22-27(23-29(24-28)45-38-18-8-3-13-31(38)32-14-4-9-19-39(32)45)30-12-2-7-17-37(30)46-40-20-10-5-15-33(40)35-25-36-34-16-6-11-21-42(34)47-43(36)26-41(35)46;1-44-28-24-27(25-29(26-28)45-37-18-8-3-13-31(37)32-14-4-9-19-38(32)45)30-12-2-7-17-36(30)46-39-20-10-5-15-33(39)34-22-23-41-42(43(34)46)35-16-6-11-21-40(35)47-41;1-44-28-24-27(25-29(26-28)45-38-18-8-3-13-31(38)32-14-4-9-19-39(32)45)30-12-2-7-17-37(30)46-40-20-10-5-15-33(40)35-22-23-36-34-16-6-11-21-41(34)47-43(36)42(35)46/h3*2-26H. The van der Waals surface area contributed by atoms with Crippen LogP contribution in [0.1, 0.15) is 0 Å². The van der Waals surface area contributed by atoms with Crippen LogP contribution in [0.2, 0.25) is 0 Å². The van der Waals surface area contributed by atoms with Gasteiger partial charge in [-0.3, -0.25) is 0 Å². The Bertz CT molecular complexity index is 10500. The minimum Gasteiger partial charge on any atom is -0.456 e. The predicted molar refractivity (Wildman–Crippen MR) is 582 cm³/mol. The van der Waals surface area contributed by atoms with E-state index in [0.29, 0.717) is 17.1 Å². The lowest BCUT2D eigenvalue weighted by Gasteiger charge is -2.16. The summed E-state index contributed by atoms with van der Waals surface area (Å²) in [6.07, 6.45) is 0. The van der Waals surface area contributed by atoms with Crippen molar-refractivity contribution in [2.45, 2.75) is 0 Å². The molecule has 0 aliphatic heterocycles. The molecule has 21 aromatic carbocycles. The molecule has 0 fully saturated rings. The number of nitrogens with zero attached hydrogens (tertiary/aromatic N) is 9. The van der Waals surface area contributed by atoms with Crippen LogP contribution in [-0.2, 0) is 0 Å². The number of fused-ring (bicyclic) bond motifs is 29. The fraction of sp³-hybridized carbons (Fsp3) is 0. The smallest absolute Gasteiger partial charge is 0.189 e. The molecule has 12 nitrogen and oxygen atoms in total. The van der Waals surface area contributed by atoms with Crippen molar-refractivity contribution in [1.29, 1.82) is 0 Å². The molecule has 12 heteroatoms. The zero-order chi connectivity index (χ0) is 93.2. The first-order valence-electron chi connectivity index (χ1n) is 47.2. The quantitative estimate of drug-likeness (QED) is 0.135. The topological polar surface area (TPSA) is 82.1 Å². The number of aromatic nitrogens is 6. The zero-order valence-electron chi connectivity index (χ0n) is 75.6. The summed E-state index contributed by atoms with van der Waals surface area (Å²) in [7, 11) is 0. The molecule has 0 spiro atoms. The summed E-state index contributed by atoms with van der Waals surface area (Å²) < 4.78 is 33.3. The van der Waals surface area contributed by atoms with Crippen molar-refractivity contribution in [2.24, 2.45) is 0 Å². The Morgan fingerprint density at radius 3 is 0.865 bits per heavy atom. The van der Waals surface area contributed by atoms with Crippen LogP contribution in [-0.4, -0.2) is 27.4 Å². The highest BCUT2D eigenvalue weighted by molar-refractivity contribution is 6.26. The first-order valence-corrected chi connectivity index (χ1v) is 47.2. The SMILES string of the molecule is [C-]#[N+]c1cc(-c2ccccc2-n2c3ccccc3c3cc4c(cc32)oc2ccccc24)cc(-n2c3ccccc3c3ccccc32)c1.[C-]#[N+]c1cc(-c2ccccc2-n2c3ccccc3c3ccc4c5ccccc5oc4c32)cc(-n2c3ccccc3c3ccccc32)c1.[C-]#[N+]c1cc(-c2ccccc2-n2c3ccccc3c3ccc4oc5ccccc5c4c32)cc(-n2c3ccccc3c3ccccc32)c1. The highest BCUT2D eigenvalue weighted by atomic mass is 16.3. The van der Waals surface area contributed by atoms with Crippen molar-refractivity contribution < 1.29 is 13.3 Å². The molecule has 0 saturated heterocycles. The van der Waals surface area contributed by atoms with Crippen LogP contribution in [0, 0.1) is 19.7 Å². The van der Waals surface area contributed by atoms with Gasteiger partial charge in [0.2, 0.25) is 0 Å². The van der Waals surface area contributed by atoms with Crippen LogP contribution in [0.4, 0.5) is 17.1 Å². The lowest BCUT2D eigenvalue weighted by molar-refractivity contribution is 0.669. The van der Waals surface area contributed by atoms with Gasteiger partial charge < -0.3 is 40.7 Å². The van der Waals surface area contributed by atoms with E-state index in [-0.39, 0.29) is 0 Å². The van der Waals surface area contributed by atoms with Crippen molar-refractivity contribution >= 4 is 214 Å². The molecule has 654 valence electrons. The van der Waals surface area contributed by atoms with E-state index < -0.39 is 0 Å². The van der Waals surface area contributed by atoms with E-state index in [2.05, 4.69) is 424 Å². The van der Waals surface area contributed by atoms with E-state index >= 15 is 0 Å². The summed E-state index contributed by atoms with van der Waals surface area (Å²) >= 11 is 0. The summed E-state index contributed by atoms with van der Waals surface area (Å²) in [5.41, 5.74) is 32.4. The van der Waals surface area contributed by atoms with E-state index in [9.17, 15) is 0 Å². The summed E-state index contributed by atoms with van der Waals surface area (Å²) in [4.78, 5) is 11.9. The van der Waals surface area contributed by atoms with Crippen molar-refractivity contribution in [2.75, 3.05) is 0 Å². The van der Waals surface area contributed by atoms with Crippen LogP contribution in [0.5, 0.6) is 0 Å². The summed E-state index contributed by atoms with van der Waals surface area (Å²) in [6, 6.07) is 159. The maximum atomic E-state index is 8.11. The molecule has 9 aromatic heterocycles. The average Bonchev–Trinajstić information content (AvgIpc) is 1.52. The number of para-hydroxylation sites is 15. The van der Waals surface area contributed by atoms with Gasteiger partial charge in [-0.1, -0.05) is 279 Å². The Morgan fingerprint density at radius 2 is 0.454 bits per heavy atom.